The zero-order valence-corrected chi connectivity index (χ0v) is 16.2. The quantitative estimate of drug-likeness (QED) is 0.738. The van der Waals surface area contributed by atoms with Gasteiger partial charge < -0.3 is 19.5 Å². The van der Waals surface area contributed by atoms with Gasteiger partial charge in [0.2, 0.25) is 6.79 Å². The van der Waals surface area contributed by atoms with Crippen molar-refractivity contribution in [2.75, 3.05) is 12.1 Å². The van der Waals surface area contributed by atoms with E-state index in [1.54, 1.807) is 25.1 Å². The van der Waals surface area contributed by atoms with Crippen LogP contribution in [0.5, 0.6) is 17.2 Å². The summed E-state index contributed by atoms with van der Waals surface area (Å²) in [6.45, 7) is 5.12. The van der Waals surface area contributed by atoms with Crippen LogP contribution in [0.2, 0.25) is 0 Å². The molecule has 6 nitrogen and oxygen atoms in total. The van der Waals surface area contributed by atoms with E-state index in [4.69, 9.17) is 14.2 Å². The number of ether oxygens (including phenoxy) is 3. The van der Waals surface area contributed by atoms with Crippen molar-refractivity contribution in [1.29, 1.82) is 0 Å². The van der Waals surface area contributed by atoms with Gasteiger partial charge in [0, 0.05) is 11.6 Å². The second-order valence-corrected chi connectivity index (χ2v) is 6.84. The maximum atomic E-state index is 12.5. The van der Waals surface area contributed by atoms with Gasteiger partial charge in [-0.1, -0.05) is 6.07 Å². The summed E-state index contributed by atoms with van der Waals surface area (Å²) in [6, 6.07) is 8.76. The first kappa shape index (κ1) is 18.3. The monoisotopic (exact) mass is 419 g/mol. The lowest BCUT2D eigenvalue weighted by atomic mass is 10.1. The van der Waals surface area contributed by atoms with Crippen LogP contribution in [-0.2, 0) is 4.79 Å². The van der Waals surface area contributed by atoms with Gasteiger partial charge in [0.25, 0.3) is 5.91 Å². The van der Waals surface area contributed by atoms with E-state index in [1.165, 1.54) is 6.92 Å². The first-order valence-corrected chi connectivity index (χ1v) is 8.82. The number of anilines is 1. The molecule has 0 fully saturated rings. The van der Waals surface area contributed by atoms with E-state index < -0.39 is 6.10 Å². The fraction of sp³-hybridized carbons (Fsp3) is 0.263. The van der Waals surface area contributed by atoms with Gasteiger partial charge in [-0.15, -0.1) is 0 Å². The number of nitrogens with one attached hydrogen (secondary N) is 1. The van der Waals surface area contributed by atoms with Gasteiger partial charge in [-0.3, -0.25) is 9.59 Å². The molecular formula is C19H18BrNO5. The molecule has 0 saturated carbocycles. The molecule has 1 aliphatic heterocycles. The number of aryl methyl sites for hydroxylation is 1. The molecule has 0 radical (unpaired) electrons. The van der Waals surface area contributed by atoms with Crippen LogP contribution in [0.15, 0.2) is 34.8 Å². The largest absolute Gasteiger partial charge is 0.480 e. The number of carbonyl (C=O) groups excluding carboxylic acids is 2. The molecule has 0 spiro atoms. The predicted molar refractivity (Wildman–Crippen MR) is 100 cm³/mol. The zero-order chi connectivity index (χ0) is 18.8. The van der Waals surface area contributed by atoms with Crippen LogP contribution < -0.4 is 19.5 Å². The fourth-order valence-corrected chi connectivity index (χ4v) is 3.10. The SMILES string of the molecule is CC(=O)c1cc2c(cc1NC(=O)[C@H](C)Oc1ccc(C)cc1Br)OCO2. The molecule has 0 aromatic heterocycles. The second-order valence-electron chi connectivity index (χ2n) is 5.99. The molecule has 1 heterocycles. The molecule has 1 atom stereocenters. The van der Waals surface area contributed by atoms with Crippen molar-refractivity contribution in [2.45, 2.75) is 26.9 Å². The van der Waals surface area contributed by atoms with Gasteiger partial charge in [-0.2, -0.15) is 0 Å². The van der Waals surface area contributed by atoms with Gasteiger partial charge >= 0.3 is 0 Å². The molecule has 0 unspecified atom stereocenters. The van der Waals surface area contributed by atoms with Crippen LogP contribution in [0.4, 0.5) is 5.69 Å². The topological polar surface area (TPSA) is 73.9 Å². The molecule has 0 aliphatic carbocycles. The molecule has 0 saturated heterocycles. The molecule has 3 rings (SSSR count). The molecule has 2 aromatic carbocycles. The Hall–Kier alpha value is -2.54. The number of amides is 1. The number of hydrogen-bond acceptors (Lipinski definition) is 5. The molecule has 0 bridgehead atoms. The normalized spacial score (nSPS) is 13.2. The Morgan fingerprint density at radius 1 is 1.19 bits per heavy atom. The van der Waals surface area contributed by atoms with Crippen molar-refractivity contribution in [3.05, 3.63) is 45.9 Å². The highest BCUT2D eigenvalue weighted by molar-refractivity contribution is 9.10. The Balaban J connectivity index is 1.78. The van der Waals surface area contributed by atoms with Crippen molar-refractivity contribution < 1.29 is 23.8 Å². The lowest BCUT2D eigenvalue weighted by Gasteiger charge is -2.17. The van der Waals surface area contributed by atoms with E-state index in [1.807, 2.05) is 19.1 Å². The Bertz CT molecular complexity index is 880. The van der Waals surface area contributed by atoms with Crippen LogP contribution in [0.1, 0.15) is 29.8 Å². The van der Waals surface area contributed by atoms with E-state index in [0.29, 0.717) is 28.5 Å². The van der Waals surface area contributed by atoms with Crippen molar-refractivity contribution in [3.8, 4) is 17.2 Å². The molecule has 1 N–H and O–H groups in total. The third-order valence-electron chi connectivity index (χ3n) is 3.91. The lowest BCUT2D eigenvalue weighted by molar-refractivity contribution is -0.122. The Labute approximate surface area is 159 Å². The molecular weight excluding hydrogens is 402 g/mol. The predicted octanol–water partition coefficient (Wildman–Crippen LogP) is 4.09. The highest BCUT2D eigenvalue weighted by atomic mass is 79.9. The fourth-order valence-electron chi connectivity index (χ4n) is 2.52. The van der Waals surface area contributed by atoms with E-state index in [0.717, 1.165) is 10.0 Å². The van der Waals surface area contributed by atoms with Gasteiger partial charge in [0.05, 0.1) is 10.2 Å². The van der Waals surface area contributed by atoms with E-state index in [2.05, 4.69) is 21.2 Å². The summed E-state index contributed by atoms with van der Waals surface area (Å²) in [5.74, 6) is 0.976. The van der Waals surface area contributed by atoms with Crippen LogP contribution in [0, 0.1) is 6.92 Å². The standard InChI is InChI=1S/C19H18BrNO5/c1-10-4-5-16(14(20)6-10)26-12(3)19(23)21-15-8-18-17(24-9-25-18)7-13(15)11(2)22/h4-8,12H,9H2,1-3H3,(H,21,23)/t12-/m0/s1. The number of hydrogen-bond donors (Lipinski definition) is 1. The zero-order valence-electron chi connectivity index (χ0n) is 14.6. The summed E-state index contributed by atoms with van der Waals surface area (Å²) in [4.78, 5) is 24.4. The highest BCUT2D eigenvalue weighted by Crippen LogP contribution is 2.37. The third kappa shape index (κ3) is 3.83. The summed E-state index contributed by atoms with van der Waals surface area (Å²) < 4.78 is 17.1. The molecule has 1 amide bonds. The van der Waals surface area contributed by atoms with Crippen LogP contribution in [0.25, 0.3) is 0 Å². The highest BCUT2D eigenvalue weighted by Gasteiger charge is 2.23. The van der Waals surface area contributed by atoms with Crippen molar-refractivity contribution >= 4 is 33.3 Å². The van der Waals surface area contributed by atoms with E-state index >= 15 is 0 Å². The molecule has 26 heavy (non-hydrogen) atoms. The van der Waals surface area contributed by atoms with Crippen molar-refractivity contribution in [3.63, 3.8) is 0 Å². The Morgan fingerprint density at radius 2 is 1.88 bits per heavy atom. The van der Waals surface area contributed by atoms with Crippen LogP contribution in [0.3, 0.4) is 0 Å². The summed E-state index contributed by atoms with van der Waals surface area (Å²) in [6.07, 6.45) is -0.765. The number of rotatable bonds is 5. The van der Waals surface area contributed by atoms with Gasteiger partial charge in [-0.25, -0.2) is 0 Å². The van der Waals surface area contributed by atoms with Crippen LogP contribution in [-0.4, -0.2) is 24.6 Å². The minimum absolute atomic E-state index is 0.0883. The first-order chi connectivity index (χ1) is 12.3. The molecule has 1 aliphatic rings. The minimum atomic E-state index is -0.765. The second kappa shape index (κ2) is 7.37. The summed E-state index contributed by atoms with van der Waals surface area (Å²) in [5, 5.41) is 2.74. The van der Waals surface area contributed by atoms with Gasteiger partial charge in [-0.05, 0) is 60.5 Å². The van der Waals surface area contributed by atoms with E-state index in [9.17, 15) is 9.59 Å². The number of fused-ring (bicyclic) bond motifs is 1. The molecule has 2 aromatic rings. The van der Waals surface area contributed by atoms with Gasteiger partial charge in [0.1, 0.15) is 5.75 Å². The maximum Gasteiger partial charge on any atom is 0.265 e. The average Bonchev–Trinajstić information content (AvgIpc) is 3.03. The number of benzene rings is 2. The average molecular weight is 420 g/mol. The number of Topliss-reactive ketones (excluding diaryl/α,β-unsaturated/α-hetero) is 1. The minimum Gasteiger partial charge on any atom is -0.480 e. The number of halogens is 1. The molecule has 136 valence electrons. The third-order valence-corrected chi connectivity index (χ3v) is 4.53. The Kier molecular flexibility index (Phi) is 5.18. The lowest BCUT2D eigenvalue weighted by Crippen LogP contribution is -2.30. The van der Waals surface area contributed by atoms with E-state index in [-0.39, 0.29) is 18.5 Å². The molecule has 7 heteroatoms. The smallest absolute Gasteiger partial charge is 0.265 e. The summed E-state index contributed by atoms with van der Waals surface area (Å²) in [5.41, 5.74) is 1.80. The summed E-state index contributed by atoms with van der Waals surface area (Å²) >= 11 is 3.42. The van der Waals surface area contributed by atoms with Crippen molar-refractivity contribution in [2.24, 2.45) is 0 Å². The first-order valence-electron chi connectivity index (χ1n) is 8.03. The van der Waals surface area contributed by atoms with Gasteiger partial charge in [0.15, 0.2) is 23.4 Å². The maximum absolute atomic E-state index is 12.5. The number of ketones is 1. The Morgan fingerprint density at radius 3 is 2.54 bits per heavy atom. The van der Waals surface area contributed by atoms with Crippen molar-refractivity contribution in [1.82, 2.24) is 0 Å². The van der Waals surface area contributed by atoms with Crippen LogP contribution >= 0.6 is 15.9 Å². The number of carbonyl (C=O) groups is 2. The summed E-state index contributed by atoms with van der Waals surface area (Å²) in [7, 11) is 0.